The molecular formula is C14H16N2O3. The van der Waals surface area contributed by atoms with Gasteiger partial charge in [0.25, 0.3) is 0 Å². The summed E-state index contributed by atoms with van der Waals surface area (Å²) < 4.78 is 5.36. The number of para-hydroxylation sites is 1. The van der Waals surface area contributed by atoms with Gasteiger partial charge in [-0.25, -0.2) is 4.79 Å². The number of carbonyl (C=O) groups is 1. The summed E-state index contributed by atoms with van der Waals surface area (Å²) in [5.74, 6) is -0.331. The summed E-state index contributed by atoms with van der Waals surface area (Å²) in [4.78, 5) is 12.1. The van der Waals surface area contributed by atoms with Crippen LogP contribution in [0.2, 0.25) is 0 Å². The number of aryl methyl sites for hydroxylation is 2. The van der Waals surface area contributed by atoms with Crippen LogP contribution in [-0.4, -0.2) is 21.3 Å². The van der Waals surface area contributed by atoms with Crippen molar-refractivity contribution in [3.05, 3.63) is 46.8 Å². The number of phenols is 1. The maximum atomic E-state index is 12.1. The maximum Gasteiger partial charge on any atom is 0.342 e. The van der Waals surface area contributed by atoms with Gasteiger partial charge in [-0.1, -0.05) is 18.2 Å². The van der Waals surface area contributed by atoms with Gasteiger partial charge >= 0.3 is 5.97 Å². The first-order valence-electron chi connectivity index (χ1n) is 6.01. The third-order valence-electron chi connectivity index (χ3n) is 2.99. The van der Waals surface area contributed by atoms with E-state index in [-0.39, 0.29) is 5.75 Å². The zero-order valence-corrected chi connectivity index (χ0v) is 11.1. The molecule has 0 radical (unpaired) electrons. The number of benzene rings is 1. The highest BCUT2D eigenvalue weighted by Crippen LogP contribution is 2.27. The van der Waals surface area contributed by atoms with Gasteiger partial charge in [0.05, 0.1) is 5.69 Å². The molecule has 0 spiro atoms. The summed E-state index contributed by atoms with van der Waals surface area (Å²) in [6, 6.07) is 6.79. The zero-order valence-electron chi connectivity index (χ0n) is 11.1. The Morgan fingerprint density at radius 2 is 2.05 bits per heavy atom. The molecular weight excluding hydrogens is 244 g/mol. The summed E-state index contributed by atoms with van der Waals surface area (Å²) >= 11 is 0. The second-order valence-corrected chi connectivity index (χ2v) is 4.42. The third kappa shape index (κ3) is 2.59. The molecule has 0 saturated heterocycles. The van der Waals surface area contributed by atoms with E-state index in [0.29, 0.717) is 22.5 Å². The molecule has 5 nitrogen and oxygen atoms in total. The first-order valence-corrected chi connectivity index (χ1v) is 6.01. The number of ether oxygens (including phenoxy) is 1. The molecule has 0 fully saturated rings. The Hall–Kier alpha value is -2.30. The number of aromatic nitrogens is 2. The minimum atomic E-state index is -0.526. The quantitative estimate of drug-likeness (QED) is 0.832. The predicted molar refractivity (Wildman–Crippen MR) is 70.0 cm³/mol. The van der Waals surface area contributed by atoms with Crippen LogP contribution in [0.15, 0.2) is 24.3 Å². The smallest absolute Gasteiger partial charge is 0.342 e. The second kappa shape index (κ2) is 5.14. The molecule has 0 saturated carbocycles. The molecule has 19 heavy (non-hydrogen) atoms. The van der Waals surface area contributed by atoms with Crippen molar-refractivity contribution in [2.45, 2.75) is 26.9 Å². The van der Waals surface area contributed by atoms with Crippen LogP contribution in [0.25, 0.3) is 0 Å². The number of nitrogens with zero attached hydrogens (tertiary/aromatic N) is 1. The molecule has 2 aromatic rings. The topological polar surface area (TPSA) is 75.2 Å². The van der Waals surface area contributed by atoms with Crippen molar-refractivity contribution in [1.82, 2.24) is 10.2 Å². The highest BCUT2D eigenvalue weighted by Gasteiger charge is 2.21. The van der Waals surface area contributed by atoms with Crippen molar-refractivity contribution in [3.63, 3.8) is 0 Å². The number of carbonyl (C=O) groups excluding carboxylic acids is 1. The van der Waals surface area contributed by atoms with Gasteiger partial charge in [0, 0.05) is 11.3 Å². The Morgan fingerprint density at radius 1 is 1.37 bits per heavy atom. The van der Waals surface area contributed by atoms with Gasteiger partial charge in [-0.2, -0.15) is 5.10 Å². The van der Waals surface area contributed by atoms with Crippen molar-refractivity contribution < 1.29 is 14.6 Å². The number of rotatable bonds is 3. The van der Waals surface area contributed by atoms with Crippen molar-refractivity contribution in [3.8, 4) is 5.75 Å². The number of nitrogens with one attached hydrogen (secondary N) is 1. The van der Waals surface area contributed by atoms with E-state index in [1.54, 1.807) is 45.0 Å². The number of aromatic hydroxyl groups is 1. The Balaban J connectivity index is 2.18. The molecule has 100 valence electrons. The first kappa shape index (κ1) is 13.1. The second-order valence-electron chi connectivity index (χ2n) is 4.42. The molecule has 1 atom stereocenters. The molecule has 1 unspecified atom stereocenters. The van der Waals surface area contributed by atoms with Gasteiger partial charge in [-0.15, -0.1) is 0 Å². The lowest BCUT2D eigenvalue weighted by Gasteiger charge is -2.14. The highest BCUT2D eigenvalue weighted by molar-refractivity contribution is 5.91. The van der Waals surface area contributed by atoms with Crippen LogP contribution < -0.4 is 0 Å². The van der Waals surface area contributed by atoms with E-state index < -0.39 is 12.1 Å². The van der Waals surface area contributed by atoms with Gasteiger partial charge in [-0.05, 0) is 26.8 Å². The number of hydrogen-bond acceptors (Lipinski definition) is 4. The van der Waals surface area contributed by atoms with Gasteiger partial charge < -0.3 is 9.84 Å². The molecule has 1 aromatic heterocycles. The summed E-state index contributed by atoms with van der Waals surface area (Å²) in [5, 5.41) is 16.4. The predicted octanol–water partition coefficient (Wildman–Crippen LogP) is 2.65. The van der Waals surface area contributed by atoms with Gasteiger partial charge in [0.1, 0.15) is 17.4 Å². The fourth-order valence-electron chi connectivity index (χ4n) is 1.97. The monoisotopic (exact) mass is 260 g/mol. The normalized spacial score (nSPS) is 12.2. The Morgan fingerprint density at radius 3 is 2.63 bits per heavy atom. The summed E-state index contributed by atoms with van der Waals surface area (Å²) in [5.41, 5.74) is 2.30. The average Bonchev–Trinajstić information content (AvgIpc) is 2.69. The SMILES string of the molecule is Cc1n[nH]c(C)c1C(=O)OC(C)c1ccccc1O. The van der Waals surface area contributed by atoms with Gasteiger partial charge in [-0.3, -0.25) is 5.10 Å². The molecule has 5 heteroatoms. The van der Waals surface area contributed by atoms with Crippen LogP contribution in [0.5, 0.6) is 5.75 Å². The van der Waals surface area contributed by atoms with E-state index in [1.165, 1.54) is 0 Å². The van der Waals surface area contributed by atoms with Crippen LogP contribution in [0, 0.1) is 13.8 Å². The standard InChI is InChI=1S/C14H16N2O3/c1-8-13(9(2)16-15-8)14(18)19-10(3)11-6-4-5-7-12(11)17/h4-7,10,17H,1-3H3,(H,15,16). The molecule has 0 aliphatic heterocycles. The van der Waals surface area contributed by atoms with E-state index in [9.17, 15) is 9.90 Å². The van der Waals surface area contributed by atoms with Gasteiger partial charge in [0.2, 0.25) is 0 Å². The minimum absolute atomic E-state index is 0.114. The van der Waals surface area contributed by atoms with E-state index in [0.717, 1.165) is 0 Å². The molecule has 0 amide bonds. The average molecular weight is 260 g/mol. The Bertz CT molecular complexity index is 585. The molecule has 2 rings (SSSR count). The fourth-order valence-corrected chi connectivity index (χ4v) is 1.97. The van der Waals surface area contributed by atoms with E-state index >= 15 is 0 Å². The summed E-state index contributed by atoms with van der Waals surface area (Å²) in [7, 11) is 0. The summed E-state index contributed by atoms with van der Waals surface area (Å²) in [6.45, 7) is 5.23. The summed E-state index contributed by atoms with van der Waals surface area (Å²) in [6.07, 6.45) is -0.526. The maximum absolute atomic E-state index is 12.1. The fraction of sp³-hybridized carbons (Fsp3) is 0.286. The number of aromatic amines is 1. The van der Waals surface area contributed by atoms with Crippen molar-refractivity contribution >= 4 is 5.97 Å². The van der Waals surface area contributed by atoms with Crippen LogP contribution in [0.4, 0.5) is 0 Å². The number of hydrogen-bond donors (Lipinski definition) is 2. The van der Waals surface area contributed by atoms with Crippen LogP contribution >= 0.6 is 0 Å². The molecule has 0 bridgehead atoms. The lowest BCUT2D eigenvalue weighted by Crippen LogP contribution is -2.11. The lowest BCUT2D eigenvalue weighted by molar-refractivity contribution is 0.0332. The Kier molecular flexibility index (Phi) is 3.55. The molecule has 1 heterocycles. The first-order chi connectivity index (χ1) is 9.00. The highest BCUT2D eigenvalue weighted by atomic mass is 16.5. The number of phenolic OH excluding ortho intramolecular Hbond substituents is 1. The number of H-pyrrole nitrogens is 1. The van der Waals surface area contributed by atoms with Crippen molar-refractivity contribution in [2.75, 3.05) is 0 Å². The zero-order chi connectivity index (χ0) is 14.0. The largest absolute Gasteiger partial charge is 0.508 e. The van der Waals surface area contributed by atoms with E-state index in [1.807, 2.05) is 0 Å². The van der Waals surface area contributed by atoms with Crippen LogP contribution in [-0.2, 0) is 4.74 Å². The number of esters is 1. The van der Waals surface area contributed by atoms with Crippen molar-refractivity contribution in [1.29, 1.82) is 0 Å². The van der Waals surface area contributed by atoms with Gasteiger partial charge in [0.15, 0.2) is 0 Å². The molecule has 2 N–H and O–H groups in total. The van der Waals surface area contributed by atoms with Crippen LogP contribution in [0.1, 0.15) is 40.3 Å². The molecule has 1 aromatic carbocycles. The molecule has 0 aliphatic rings. The van der Waals surface area contributed by atoms with E-state index in [4.69, 9.17) is 4.74 Å². The van der Waals surface area contributed by atoms with Crippen LogP contribution in [0.3, 0.4) is 0 Å². The lowest BCUT2D eigenvalue weighted by atomic mass is 10.1. The Labute approximate surface area is 111 Å². The van der Waals surface area contributed by atoms with Crippen molar-refractivity contribution in [2.24, 2.45) is 0 Å². The third-order valence-corrected chi connectivity index (χ3v) is 2.99. The van der Waals surface area contributed by atoms with E-state index in [2.05, 4.69) is 10.2 Å². The minimum Gasteiger partial charge on any atom is -0.508 e. The molecule has 0 aliphatic carbocycles.